The lowest BCUT2D eigenvalue weighted by Crippen LogP contribution is -2.12. The summed E-state index contributed by atoms with van der Waals surface area (Å²) < 4.78 is 33.1. The van der Waals surface area contributed by atoms with Crippen LogP contribution in [-0.4, -0.2) is 8.42 Å². The molecule has 0 saturated carbocycles. The minimum Gasteiger partial charge on any atom is -0.456 e. The number of nitrogens with one attached hydrogen (secondary N) is 1. The smallest absolute Gasteiger partial charge is 0.261 e. The molecule has 0 fully saturated rings. The summed E-state index contributed by atoms with van der Waals surface area (Å²) in [7, 11) is -3.66. The fraction of sp³-hybridized carbons (Fsp3) is 0.0526. The molecule has 3 rings (SSSR count). The average Bonchev–Trinajstić information content (AvgIpc) is 2.59. The fourth-order valence-corrected chi connectivity index (χ4v) is 3.41. The summed E-state index contributed by atoms with van der Waals surface area (Å²) in [5.74, 6) is 1.01. The number of anilines is 1. The van der Waals surface area contributed by atoms with Crippen LogP contribution in [0.1, 0.15) is 5.56 Å². The van der Waals surface area contributed by atoms with Crippen LogP contribution in [-0.2, 0) is 10.0 Å². The van der Waals surface area contributed by atoms with Crippen LogP contribution in [0, 0.1) is 6.92 Å². The molecule has 3 aromatic rings. The number of rotatable bonds is 5. The predicted octanol–water partition coefficient (Wildman–Crippen LogP) is 5.24. The lowest BCUT2D eigenvalue weighted by Gasteiger charge is -2.10. The second kappa shape index (κ2) is 7.17. The highest BCUT2D eigenvalue weighted by molar-refractivity contribution is 7.92. The number of benzene rings is 3. The third-order valence-electron chi connectivity index (χ3n) is 3.50. The number of ether oxygens (including phenoxy) is 1. The van der Waals surface area contributed by atoms with Gasteiger partial charge in [0, 0.05) is 5.69 Å². The minimum atomic E-state index is -3.66. The zero-order chi connectivity index (χ0) is 17.9. The Labute approximate surface area is 152 Å². The average molecular weight is 374 g/mol. The highest BCUT2D eigenvalue weighted by atomic mass is 35.5. The molecule has 0 bridgehead atoms. The predicted molar refractivity (Wildman–Crippen MR) is 100.0 cm³/mol. The number of para-hydroxylation sites is 1. The third kappa shape index (κ3) is 4.32. The molecule has 0 aromatic heterocycles. The normalized spacial score (nSPS) is 11.1. The van der Waals surface area contributed by atoms with Gasteiger partial charge in [0.05, 0.1) is 9.92 Å². The van der Waals surface area contributed by atoms with Gasteiger partial charge in [-0.15, -0.1) is 0 Å². The van der Waals surface area contributed by atoms with Crippen LogP contribution in [0.15, 0.2) is 77.7 Å². The van der Waals surface area contributed by atoms with Crippen molar-refractivity contribution >= 4 is 27.3 Å². The largest absolute Gasteiger partial charge is 0.456 e. The van der Waals surface area contributed by atoms with Gasteiger partial charge in [-0.05, 0) is 55.5 Å². The second-order valence-corrected chi connectivity index (χ2v) is 7.57. The summed E-state index contributed by atoms with van der Waals surface area (Å²) >= 11 is 6.05. The van der Waals surface area contributed by atoms with Gasteiger partial charge in [0.1, 0.15) is 11.5 Å². The van der Waals surface area contributed by atoms with Crippen molar-refractivity contribution in [3.8, 4) is 11.5 Å². The van der Waals surface area contributed by atoms with Crippen molar-refractivity contribution in [2.45, 2.75) is 11.8 Å². The van der Waals surface area contributed by atoms with Crippen LogP contribution in [0.5, 0.6) is 11.5 Å². The van der Waals surface area contributed by atoms with Gasteiger partial charge in [-0.3, -0.25) is 4.72 Å². The molecule has 0 atom stereocenters. The number of aryl methyl sites for hydroxylation is 1. The first kappa shape index (κ1) is 17.3. The molecule has 0 spiro atoms. The topological polar surface area (TPSA) is 55.4 Å². The number of hydrogen-bond donors (Lipinski definition) is 1. The standard InChI is InChI=1S/C19H16ClNO3S/c1-14-6-8-15(9-7-14)21-25(22,23)17-12-10-16(11-13-17)24-19-5-3-2-4-18(19)20/h2-13,21H,1H3. The molecule has 128 valence electrons. The molecule has 6 heteroatoms. The van der Waals surface area contributed by atoms with Gasteiger partial charge in [0.25, 0.3) is 10.0 Å². The maximum absolute atomic E-state index is 12.4. The maximum atomic E-state index is 12.4. The lowest BCUT2D eigenvalue weighted by atomic mass is 10.2. The number of sulfonamides is 1. The molecular formula is C19H16ClNO3S. The summed E-state index contributed by atoms with van der Waals surface area (Å²) in [6.45, 7) is 1.94. The van der Waals surface area contributed by atoms with Crippen LogP contribution in [0.25, 0.3) is 0 Å². The van der Waals surface area contributed by atoms with E-state index >= 15 is 0 Å². The minimum absolute atomic E-state index is 0.152. The van der Waals surface area contributed by atoms with E-state index in [0.29, 0.717) is 22.2 Å². The highest BCUT2D eigenvalue weighted by Crippen LogP contribution is 2.29. The first-order valence-electron chi connectivity index (χ1n) is 7.56. The fourth-order valence-electron chi connectivity index (χ4n) is 2.18. The molecule has 25 heavy (non-hydrogen) atoms. The van der Waals surface area contributed by atoms with Crippen LogP contribution in [0.3, 0.4) is 0 Å². The first-order chi connectivity index (χ1) is 11.9. The zero-order valence-electron chi connectivity index (χ0n) is 13.4. The number of halogens is 1. The Hall–Kier alpha value is -2.50. The summed E-state index contributed by atoms with van der Waals surface area (Å²) in [6.07, 6.45) is 0. The van der Waals surface area contributed by atoms with E-state index in [1.165, 1.54) is 12.1 Å². The van der Waals surface area contributed by atoms with E-state index < -0.39 is 10.0 Å². The SMILES string of the molecule is Cc1ccc(NS(=O)(=O)c2ccc(Oc3ccccc3Cl)cc2)cc1. The number of hydrogen-bond acceptors (Lipinski definition) is 3. The maximum Gasteiger partial charge on any atom is 0.261 e. The summed E-state index contributed by atoms with van der Waals surface area (Å²) in [5.41, 5.74) is 1.58. The molecule has 1 N–H and O–H groups in total. The molecule has 3 aromatic carbocycles. The van der Waals surface area contributed by atoms with Crippen LogP contribution in [0.2, 0.25) is 5.02 Å². The molecular weight excluding hydrogens is 358 g/mol. The van der Waals surface area contributed by atoms with Crippen molar-refractivity contribution in [3.63, 3.8) is 0 Å². The summed E-state index contributed by atoms with van der Waals surface area (Å²) in [6, 6.07) is 20.4. The Bertz CT molecular complexity index is 968. The molecule has 0 aliphatic carbocycles. The van der Waals surface area contributed by atoms with E-state index in [0.717, 1.165) is 5.56 Å². The van der Waals surface area contributed by atoms with E-state index in [2.05, 4.69) is 4.72 Å². The molecule has 0 saturated heterocycles. The van der Waals surface area contributed by atoms with Gasteiger partial charge in [-0.1, -0.05) is 41.4 Å². The summed E-state index contributed by atoms with van der Waals surface area (Å²) in [4.78, 5) is 0.152. The molecule has 0 radical (unpaired) electrons. The van der Waals surface area contributed by atoms with Crippen molar-refractivity contribution in [2.75, 3.05) is 4.72 Å². The van der Waals surface area contributed by atoms with Gasteiger partial charge < -0.3 is 4.74 Å². The molecule has 4 nitrogen and oxygen atoms in total. The molecule has 0 aliphatic heterocycles. The first-order valence-corrected chi connectivity index (χ1v) is 9.42. The van der Waals surface area contributed by atoms with Gasteiger partial charge in [0.2, 0.25) is 0 Å². The summed E-state index contributed by atoms with van der Waals surface area (Å²) in [5, 5.41) is 0.486. The van der Waals surface area contributed by atoms with E-state index in [9.17, 15) is 8.42 Å². The Kier molecular flexibility index (Phi) is 4.97. The second-order valence-electron chi connectivity index (χ2n) is 5.48. The van der Waals surface area contributed by atoms with E-state index in [4.69, 9.17) is 16.3 Å². The van der Waals surface area contributed by atoms with Crippen LogP contribution < -0.4 is 9.46 Å². The van der Waals surface area contributed by atoms with Gasteiger partial charge in [0.15, 0.2) is 0 Å². The van der Waals surface area contributed by atoms with Crippen molar-refractivity contribution < 1.29 is 13.2 Å². The Morgan fingerprint density at radius 2 is 1.52 bits per heavy atom. The van der Waals surface area contributed by atoms with Crippen LogP contribution >= 0.6 is 11.6 Å². The van der Waals surface area contributed by atoms with Gasteiger partial charge in [-0.25, -0.2) is 8.42 Å². The van der Waals surface area contributed by atoms with Gasteiger partial charge >= 0.3 is 0 Å². The highest BCUT2D eigenvalue weighted by Gasteiger charge is 2.14. The molecule has 0 unspecified atom stereocenters. The van der Waals surface area contributed by atoms with Crippen molar-refractivity contribution in [1.29, 1.82) is 0 Å². The lowest BCUT2D eigenvalue weighted by molar-refractivity contribution is 0.482. The third-order valence-corrected chi connectivity index (χ3v) is 5.21. The monoisotopic (exact) mass is 373 g/mol. The van der Waals surface area contributed by atoms with E-state index in [1.54, 1.807) is 36.4 Å². The quantitative estimate of drug-likeness (QED) is 0.665. The zero-order valence-corrected chi connectivity index (χ0v) is 15.0. The Balaban J connectivity index is 1.77. The van der Waals surface area contributed by atoms with E-state index in [1.807, 2.05) is 31.2 Å². The van der Waals surface area contributed by atoms with Crippen molar-refractivity contribution in [1.82, 2.24) is 0 Å². The van der Waals surface area contributed by atoms with Crippen molar-refractivity contribution in [2.24, 2.45) is 0 Å². The van der Waals surface area contributed by atoms with Crippen molar-refractivity contribution in [3.05, 3.63) is 83.4 Å². The molecule has 0 aliphatic rings. The molecule has 0 amide bonds. The van der Waals surface area contributed by atoms with E-state index in [-0.39, 0.29) is 4.90 Å². The Morgan fingerprint density at radius 3 is 2.16 bits per heavy atom. The van der Waals surface area contributed by atoms with Crippen LogP contribution in [0.4, 0.5) is 5.69 Å². The Morgan fingerprint density at radius 1 is 0.880 bits per heavy atom. The van der Waals surface area contributed by atoms with Gasteiger partial charge in [-0.2, -0.15) is 0 Å². The molecule has 0 heterocycles.